The third-order valence-electron chi connectivity index (χ3n) is 4.10. The summed E-state index contributed by atoms with van der Waals surface area (Å²) < 4.78 is 0. The molecule has 0 aliphatic carbocycles. The summed E-state index contributed by atoms with van der Waals surface area (Å²) in [6, 6.07) is 20.2. The molecule has 0 aliphatic heterocycles. The van der Waals surface area contributed by atoms with Crippen LogP contribution in [0.2, 0.25) is 0 Å². The van der Waals surface area contributed by atoms with Crippen molar-refractivity contribution in [1.82, 2.24) is 15.0 Å². The summed E-state index contributed by atoms with van der Waals surface area (Å²) >= 11 is 0. The number of aryl methyl sites for hydroxylation is 1. The number of rotatable bonds is 3. The molecule has 26 heavy (non-hydrogen) atoms. The third kappa shape index (κ3) is 3.04. The highest BCUT2D eigenvalue weighted by Crippen LogP contribution is 2.29. The summed E-state index contributed by atoms with van der Waals surface area (Å²) in [5.74, 6) is 0.517. The minimum atomic E-state index is -0.967. The van der Waals surface area contributed by atoms with Gasteiger partial charge < -0.3 is 5.21 Å². The van der Waals surface area contributed by atoms with E-state index in [1.54, 1.807) is 18.2 Å². The molecule has 1 atom stereocenters. The summed E-state index contributed by atoms with van der Waals surface area (Å²) in [5.41, 5.74) is 4.01. The second-order valence-electron chi connectivity index (χ2n) is 5.96. The number of hydrogen-bond donors (Lipinski definition) is 2. The molecule has 4 aromatic rings. The molecule has 128 valence electrons. The predicted octanol–water partition coefficient (Wildman–Crippen LogP) is 3.07. The van der Waals surface area contributed by atoms with E-state index in [0.717, 1.165) is 22.2 Å². The number of hydrogen-bond acceptors (Lipinski definition) is 5. The Hall–Kier alpha value is -3.19. The summed E-state index contributed by atoms with van der Waals surface area (Å²) in [4.78, 5) is 13.9. The van der Waals surface area contributed by atoms with Crippen molar-refractivity contribution in [3.63, 3.8) is 0 Å². The number of aromatic nitrogens is 3. The average molecular weight is 344 g/mol. The van der Waals surface area contributed by atoms with Crippen LogP contribution in [0, 0.1) is 12.1 Å². The lowest BCUT2D eigenvalue weighted by atomic mass is 10.1. The second kappa shape index (κ2) is 6.61. The van der Waals surface area contributed by atoms with Gasteiger partial charge in [0.05, 0.1) is 11.2 Å². The Bertz CT molecular complexity index is 1100. The van der Waals surface area contributed by atoms with Gasteiger partial charge in [0.15, 0.2) is 11.5 Å². The van der Waals surface area contributed by atoms with Crippen molar-refractivity contribution in [2.45, 2.75) is 6.92 Å². The second-order valence-corrected chi connectivity index (χ2v) is 5.96. The topological polar surface area (TPSA) is 86.4 Å². The van der Waals surface area contributed by atoms with Gasteiger partial charge in [-0.15, -0.1) is 0 Å². The summed E-state index contributed by atoms with van der Waals surface area (Å²) in [6.07, 6.45) is 0. The van der Waals surface area contributed by atoms with Crippen molar-refractivity contribution >= 4 is 16.6 Å². The maximum absolute atomic E-state index is 11.3. The number of benzene rings is 2. The van der Waals surface area contributed by atoms with E-state index in [4.69, 9.17) is 4.98 Å². The highest BCUT2D eigenvalue weighted by atomic mass is 16.8. The van der Waals surface area contributed by atoms with E-state index >= 15 is 0 Å². The van der Waals surface area contributed by atoms with Crippen molar-refractivity contribution in [2.75, 3.05) is 0 Å². The fraction of sp³-hybridized carbons (Fsp3) is 0.0500. The van der Waals surface area contributed by atoms with Crippen molar-refractivity contribution in [3.05, 3.63) is 77.6 Å². The van der Waals surface area contributed by atoms with Gasteiger partial charge >= 0.3 is 0 Å². The molecule has 6 nitrogen and oxygen atoms in total. The van der Waals surface area contributed by atoms with Crippen LogP contribution in [0.4, 0.5) is 5.69 Å². The Morgan fingerprint density at radius 2 is 1.69 bits per heavy atom. The summed E-state index contributed by atoms with van der Waals surface area (Å²) in [7, 11) is 0. The van der Waals surface area contributed by atoms with Crippen LogP contribution in [-0.4, -0.2) is 20.2 Å². The van der Waals surface area contributed by atoms with Crippen LogP contribution in [0.25, 0.3) is 33.7 Å². The van der Waals surface area contributed by atoms with Crippen LogP contribution in [0.1, 0.15) is 5.69 Å². The quantitative estimate of drug-likeness (QED) is 0.558. The fourth-order valence-corrected chi connectivity index (χ4v) is 2.88. The fourth-order valence-electron chi connectivity index (χ4n) is 2.88. The zero-order chi connectivity index (χ0) is 18.1. The molecule has 2 N–H and O–H groups in total. The van der Waals surface area contributed by atoms with Crippen LogP contribution >= 0.6 is 0 Å². The Labute approximate surface area is 150 Å². The lowest BCUT2D eigenvalue weighted by Gasteiger charge is -2.13. The molecule has 0 aliphatic rings. The Kier molecular flexibility index (Phi) is 4.14. The molecule has 0 radical (unpaired) electrons. The van der Waals surface area contributed by atoms with E-state index in [2.05, 4.69) is 9.97 Å². The normalized spacial score (nSPS) is 12.3. The number of nitrogens with zero attached hydrogens (tertiary/aromatic N) is 3. The van der Waals surface area contributed by atoms with Crippen molar-refractivity contribution < 1.29 is 10.4 Å². The largest absolute Gasteiger partial charge is 0.595 e. The maximum Gasteiger partial charge on any atom is 0.179 e. The monoisotopic (exact) mass is 344 g/mol. The van der Waals surface area contributed by atoms with Gasteiger partial charge in [-0.25, -0.2) is 20.2 Å². The lowest BCUT2D eigenvalue weighted by Crippen LogP contribution is -2.99. The van der Waals surface area contributed by atoms with Gasteiger partial charge in [-0.3, -0.25) is 0 Å². The zero-order valence-corrected chi connectivity index (χ0v) is 14.0. The van der Waals surface area contributed by atoms with Crippen molar-refractivity contribution in [2.24, 2.45) is 0 Å². The van der Waals surface area contributed by atoms with Gasteiger partial charge in [0.1, 0.15) is 5.69 Å². The first kappa shape index (κ1) is 16.3. The maximum atomic E-state index is 11.3. The Morgan fingerprint density at radius 1 is 0.885 bits per heavy atom. The first-order valence-corrected chi connectivity index (χ1v) is 8.16. The summed E-state index contributed by atoms with van der Waals surface area (Å²) in [6.45, 7) is 1.92. The number of para-hydroxylation sites is 1. The van der Waals surface area contributed by atoms with E-state index in [-0.39, 0.29) is 5.69 Å². The molecule has 0 spiro atoms. The first-order valence-electron chi connectivity index (χ1n) is 8.16. The summed E-state index contributed by atoms with van der Waals surface area (Å²) in [5, 5.41) is 20.5. The van der Waals surface area contributed by atoms with E-state index in [1.807, 2.05) is 55.5 Å². The number of pyridine rings is 1. The van der Waals surface area contributed by atoms with Gasteiger partial charge in [-0.2, -0.15) is 5.23 Å². The minimum Gasteiger partial charge on any atom is -0.595 e. The number of nitrogens with one attached hydrogen (secondary N) is 1. The molecule has 0 amide bonds. The molecular weight excluding hydrogens is 328 g/mol. The smallest absolute Gasteiger partial charge is 0.179 e. The van der Waals surface area contributed by atoms with Crippen LogP contribution in [0.15, 0.2) is 66.7 Å². The Morgan fingerprint density at radius 3 is 2.50 bits per heavy atom. The lowest BCUT2D eigenvalue weighted by molar-refractivity contribution is -0.991. The van der Waals surface area contributed by atoms with Crippen LogP contribution in [0.3, 0.4) is 0 Å². The highest BCUT2D eigenvalue weighted by Gasteiger charge is 2.13. The van der Waals surface area contributed by atoms with Gasteiger partial charge in [-0.05, 0) is 25.1 Å². The van der Waals surface area contributed by atoms with Crippen molar-refractivity contribution in [1.29, 1.82) is 0 Å². The SMILES string of the molecule is Cc1cccc(-c2nc(-c3cccc([NH+]([O-])O)c3)c3ccccc3n2)n1. The minimum absolute atomic E-state index is 0.223. The van der Waals surface area contributed by atoms with Gasteiger partial charge in [0.25, 0.3) is 0 Å². The van der Waals surface area contributed by atoms with Gasteiger partial charge in [0, 0.05) is 28.8 Å². The molecule has 1 unspecified atom stereocenters. The molecule has 0 bridgehead atoms. The number of fused-ring (bicyclic) bond motifs is 1. The molecule has 0 saturated carbocycles. The third-order valence-corrected chi connectivity index (χ3v) is 4.10. The van der Waals surface area contributed by atoms with E-state index in [1.165, 1.54) is 0 Å². The zero-order valence-electron chi connectivity index (χ0n) is 14.0. The standard InChI is InChI=1S/C20H16N4O2/c1-13-6-4-11-18(21-13)20-22-17-10-3-2-9-16(17)19(23-20)14-7-5-8-15(12-14)24(25)26/h2-12,24-25H,1H3. The van der Waals surface area contributed by atoms with Gasteiger partial charge in [-0.1, -0.05) is 36.4 Å². The molecular formula is C20H16N4O2. The van der Waals surface area contributed by atoms with Crippen molar-refractivity contribution in [3.8, 4) is 22.8 Å². The molecule has 6 heteroatoms. The van der Waals surface area contributed by atoms with Crippen LogP contribution in [0.5, 0.6) is 0 Å². The molecule has 2 aromatic heterocycles. The molecule has 2 heterocycles. The number of quaternary nitrogens is 1. The van der Waals surface area contributed by atoms with E-state index in [9.17, 15) is 10.4 Å². The van der Waals surface area contributed by atoms with Crippen LogP contribution in [-0.2, 0) is 0 Å². The molecule has 0 fully saturated rings. The highest BCUT2D eigenvalue weighted by molar-refractivity contribution is 5.93. The predicted molar refractivity (Wildman–Crippen MR) is 98.7 cm³/mol. The van der Waals surface area contributed by atoms with E-state index < -0.39 is 5.23 Å². The Balaban J connectivity index is 1.97. The van der Waals surface area contributed by atoms with Crippen LogP contribution < -0.4 is 5.23 Å². The molecule has 2 aromatic carbocycles. The average Bonchev–Trinajstić information content (AvgIpc) is 2.67. The molecule has 4 rings (SSSR count). The van der Waals surface area contributed by atoms with Gasteiger partial charge in [0.2, 0.25) is 0 Å². The first-order chi connectivity index (χ1) is 12.6. The van der Waals surface area contributed by atoms with E-state index in [0.29, 0.717) is 17.2 Å². The molecule has 0 saturated heterocycles.